The summed E-state index contributed by atoms with van der Waals surface area (Å²) in [7, 11) is -2.35. The van der Waals surface area contributed by atoms with Crippen LogP contribution in [0.15, 0.2) is 30.3 Å². The Hall–Kier alpha value is -1.82. The van der Waals surface area contributed by atoms with Crippen molar-refractivity contribution in [3.05, 3.63) is 35.9 Å². The fraction of sp³-hybridized carbons (Fsp3) is 0.471. The van der Waals surface area contributed by atoms with E-state index in [0.29, 0.717) is 6.42 Å². The van der Waals surface area contributed by atoms with Crippen LogP contribution < -0.4 is 5.32 Å². The minimum Gasteiger partial charge on any atom is -0.444 e. The van der Waals surface area contributed by atoms with Gasteiger partial charge >= 0.3 is 6.09 Å². The highest BCUT2D eigenvalue weighted by molar-refractivity contribution is 8.01. The van der Waals surface area contributed by atoms with E-state index in [4.69, 9.17) is 4.74 Å². The Labute approximate surface area is 138 Å². The lowest BCUT2D eigenvalue weighted by molar-refractivity contribution is -0.114. The number of benzene rings is 1. The number of rotatable bonds is 5. The second-order valence-electron chi connectivity index (χ2n) is 6.72. The van der Waals surface area contributed by atoms with Crippen LogP contribution in [0.4, 0.5) is 4.79 Å². The first-order valence-electron chi connectivity index (χ1n) is 7.32. The largest absolute Gasteiger partial charge is 0.444 e. The van der Waals surface area contributed by atoms with Crippen LogP contribution in [-0.2, 0) is 25.5 Å². The lowest BCUT2D eigenvalue weighted by Gasteiger charge is -2.22. The van der Waals surface area contributed by atoms with E-state index in [0.717, 1.165) is 5.56 Å². The van der Waals surface area contributed by atoms with Crippen LogP contribution in [0.1, 0.15) is 26.3 Å². The summed E-state index contributed by atoms with van der Waals surface area (Å²) in [5.41, 5.74) is 0.242. The second-order valence-corrected chi connectivity index (χ2v) is 9.57. The van der Waals surface area contributed by atoms with E-state index < -0.39 is 27.3 Å². The molecule has 128 valence electrons. The van der Waals surface area contributed by atoms with Gasteiger partial charge < -0.3 is 10.1 Å². The SMILES string of the molecule is CC(C)(C)OC(=O)NC(Cc1ccccc1)C(=O)C=S(C)(C)=O. The summed E-state index contributed by atoms with van der Waals surface area (Å²) in [5, 5.41) is 3.76. The average Bonchev–Trinajstić information content (AvgIpc) is 2.34. The zero-order valence-electron chi connectivity index (χ0n) is 14.3. The minimum atomic E-state index is -2.35. The average molecular weight is 339 g/mol. The first-order chi connectivity index (χ1) is 10.5. The minimum absolute atomic E-state index is 0.310. The van der Waals surface area contributed by atoms with E-state index in [2.05, 4.69) is 5.32 Å². The molecule has 0 aliphatic rings. The molecule has 0 spiro atoms. The van der Waals surface area contributed by atoms with Gasteiger partial charge in [0.1, 0.15) is 5.60 Å². The Balaban J connectivity index is 2.95. The van der Waals surface area contributed by atoms with Crippen molar-refractivity contribution < 1.29 is 18.5 Å². The van der Waals surface area contributed by atoms with Crippen molar-refractivity contribution >= 4 is 26.8 Å². The van der Waals surface area contributed by atoms with E-state index in [1.165, 1.54) is 17.9 Å². The summed E-state index contributed by atoms with van der Waals surface area (Å²) in [6.45, 7) is 5.24. The molecule has 0 aliphatic carbocycles. The first kappa shape index (κ1) is 19.2. The molecule has 1 unspecified atom stereocenters. The van der Waals surface area contributed by atoms with Crippen molar-refractivity contribution in [1.29, 1.82) is 0 Å². The zero-order chi connectivity index (χ0) is 17.7. The molecule has 1 amide bonds. The Kier molecular flexibility index (Phi) is 6.38. The van der Waals surface area contributed by atoms with Gasteiger partial charge in [0.2, 0.25) is 0 Å². The summed E-state index contributed by atoms with van der Waals surface area (Å²) < 4.78 is 17.0. The summed E-state index contributed by atoms with van der Waals surface area (Å²) in [4.78, 5) is 24.3. The van der Waals surface area contributed by atoms with Crippen LogP contribution in [0.2, 0.25) is 0 Å². The van der Waals surface area contributed by atoms with E-state index in [1.54, 1.807) is 20.8 Å². The third kappa shape index (κ3) is 8.40. The monoisotopic (exact) mass is 339 g/mol. The van der Waals surface area contributed by atoms with E-state index in [1.807, 2.05) is 30.3 Å². The number of Topliss-reactive ketones (excluding diaryl/α,β-unsaturated/α-hetero) is 1. The fourth-order valence-electron chi connectivity index (χ4n) is 1.88. The molecule has 1 aromatic carbocycles. The van der Waals surface area contributed by atoms with Crippen molar-refractivity contribution in [3.63, 3.8) is 0 Å². The third-order valence-corrected chi connectivity index (χ3v) is 3.52. The number of ether oxygens (including phenoxy) is 1. The van der Waals surface area contributed by atoms with Crippen molar-refractivity contribution in [1.82, 2.24) is 5.32 Å². The smallest absolute Gasteiger partial charge is 0.408 e. The molecule has 1 N–H and O–H groups in total. The molecule has 0 radical (unpaired) electrons. The highest BCUT2D eigenvalue weighted by atomic mass is 32.2. The summed E-state index contributed by atoms with van der Waals surface area (Å²) in [5.74, 6) is -0.380. The quantitative estimate of drug-likeness (QED) is 0.833. The van der Waals surface area contributed by atoms with Gasteiger partial charge in [-0.1, -0.05) is 30.3 Å². The van der Waals surface area contributed by atoms with Crippen LogP contribution in [0.5, 0.6) is 0 Å². The normalized spacial score (nSPS) is 13.1. The highest BCUT2D eigenvalue weighted by Gasteiger charge is 2.24. The molecular formula is C17H25NO4S. The molecule has 0 aliphatic heterocycles. The van der Waals surface area contributed by atoms with Crippen LogP contribution in [-0.4, -0.2) is 45.6 Å². The maximum absolute atomic E-state index is 12.4. The molecule has 1 rings (SSSR count). The number of hydrogen-bond acceptors (Lipinski definition) is 4. The maximum Gasteiger partial charge on any atom is 0.408 e. The van der Waals surface area contributed by atoms with Gasteiger partial charge in [0.15, 0.2) is 5.78 Å². The van der Waals surface area contributed by atoms with Crippen LogP contribution >= 0.6 is 0 Å². The fourth-order valence-corrected chi connectivity index (χ4v) is 2.61. The van der Waals surface area contributed by atoms with Crippen LogP contribution in [0.25, 0.3) is 0 Å². The van der Waals surface area contributed by atoms with Gasteiger partial charge in [-0.2, -0.15) is 0 Å². The molecule has 5 nitrogen and oxygen atoms in total. The Bertz CT molecular complexity index is 660. The molecule has 0 saturated carbocycles. The number of alkyl carbamates (subject to hydrolysis) is 1. The van der Waals surface area contributed by atoms with E-state index in [9.17, 15) is 13.8 Å². The number of ketones is 1. The zero-order valence-corrected chi connectivity index (χ0v) is 15.1. The maximum atomic E-state index is 12.4. The van der Waals surface area contributed by atoms with Crippen molar-refractivity contribution in [3.8, 4) is 0 Å². The molecule has 6 heteroatoms. The van der Waals surface area contributed by atoms with Crippen molar-refractivity contribution in [2.45, 2.75) is 38.8 Å². The van der Waals surface area contributed by atoms with E-state index in [-0.39, 0.29) is 5.78 Å². The van der Waals surface area contributed by atoms with Gasteiger partial charge in [-0.25, -0.2) is 4.79 Å². The predicted molar refractivity (Wildman–Crippen MR) is 94.4 cm³/mol. The van der Waals surface area contributed by atoms with Crippen molar-refractivity contribution in [2.75, 3.05) is 12.5 Å². The number of nitrogens with one attached hydrogen (secondary N) is 1. The standard InChI is InChI=1S/C17H25NO4S/c1-17(2,3)22-16(20)18-14(15(19)12-23(4,5)21)11-13-9-7-6-8-10-13/h6-10,12,14H,11H2,1-5H3,(H,18,20). The Morgan fingerprint density at radius 1 is 1.22 bits per heavy atom. The van der Waals surface area contributed by atoms with Gasteiger partial charge in [0.25, 0.3) is 0 Å². The predicted octanol–water partition coefficient (Wildman–Crippen LogP) is 2.04. The van der Waals surface area contributed by atoms with Gasteiger partial charge in [-0.05, 0) is 35.9 Å². The number of hydrogen-bond donors (Lipinski definition) is 1. The molecule has 1 aromatic rings. The molecular weight excluding hydrogens is 314 g/mol. The molecule has 23 heavy (non-hydrogen) atoms. The molecule has 1 atom stereocenters. The summed E-state index contributed by atoms with van der Waals surface area (Å²) in [6, 6.07) is 8.51. The highest BCUT2D eigenvalue weighted by Crippen LogP contribution is 2.09. The summed E-state index contributed by atoms with van der Waals surface area (Å²) in [6.07, 6.45) is 2.61. The van der Waals surface area contributed by atoms with Gasteiger partial charge in [-0.3, -0.25) is 9.00 Å². The Morgan fingerprint density at radius 2 is 1.78 bits per heavy atom. The molecule has 0 heterocycles. The molecule has 0 saturated heterocycles. The van der Waals surface area contributed by atoms with Gasteiger partial charge in [0.05, 0.1) is 6.04 Å². The van der Waals surface area contributed by atoms with Gasteiger partial charge in [-0.15, -0.1) is 0 Å². The summed E-state index contributed by atoms with van der Waals surface area (Å²) >= 11 is 0. The molecule has 0 aromatic heterocycles. The van der Waals surface area contributed by atoms with Crippen molar-refractivity contribution in [2.24, 2.45) is 0 Å². The topological polar surface area (TPSA) is 72.5 Å². The number of amides is 1. The lowest BCUT2D eigenvalue weighted by atomic mass is 10.0. The lowest BCUT2D eigenvalue weighted by Crippen LogP contribution is -2.45. The van der Waals surface area contributed by atoms with Gasteiger partial charge in [0, 0.05) is 24.3 Å². The molecule has 0 fully saturated rings. The van der Waals surface area contributed by atoms with Crippen LogP contribution in [0.3, 0.4) is 0 Å². The van der Waals surface area contributed by atoms with E-state index >= 15 is 0 Å². The second kappa shape index (κ2) is 7.64. The first-order valence-corrected chi connectivity index (χ1v) is 9.76. The molecule has 0 bridgehead atoms. The number of carbonyl (C=O) groups is 2. The number of carbonyl (C=O) groups excluding carboxylic acids is 2. The third-order valence-electron chi connectivity index (χ3n) is 2.72. The van der Waals surface area contributed by atoms with Crippen LogP contribution in [0, 0.1) is 0 Å². The Morgan fingerprint density at radius 3 is 2.26 bits per heavy atom.